The standard InChI is InChI=1S/C20H19N3O3S/c24-19(23-12-6-8-15-7-4-5-11-17(15)23)14-27-20-22-21-18(26-20)13-25-16-9-2-1-3-10-16/h1-5,7,9-11H,6,8,12-14H2. The van der Waals surface area contributed by atoms with Crippen molar-refractivity contribution >= 4 is 23.4 Å². The summed E-state index contributed by atoms with van der Waals surface area (Å²) in [6.07, 6.45) is 2.00. The van der Waals surface area contributed by atoms with Gasteiger partial charge in [0.05, 0.1) is 5.75 Å². The average Bonchev–Trinajstić information content (AvgIpc) is 3.19. The first-order chi connectivity index (χ1) is 13.3. The second kappa shape index (κ2) is 8.26. The zero-order chi connectivity index (χ0) is 18.5. The number of hydrogen-bond acceptors (Lipinski definition) is 6. The van der Waals surface area contributed by atoms with Crippen molar-refractivity contribution in [2.24, 2.45) is 0 Å². The van der Waals surface area contributed by atoms with Crippen LogP contribution in [0.1, 0.15) is 17.9 Å². The molecule has 0 saturated carbocycles. The van der Waals surface area contributed by atoms with Crippen molar-refractivity contribution in [2.45, 2.75) is 24.7 Å². The Labute approximate surface area is 161 Å². The summed E-state index contributed by atoms with van der Waals surface area (Å²) < 4.78 is 11.1. The molecule has 0 radical (unpaired) electrons. The Hall–Kier alpha value is -2.80. The van der Waals surface area contributed by atoms with Crippen LogP contribution in [0.5, 0.6) is 5.75 Å². The number of ether oxygens (including phenoxy) is 1. The van der Waals surface area contributed by atoms with Crippen LogP contribution in [-0.4, -0.2) is 28.4 Å². The van der Waals surface area contributed by atoms with Crippen LogP contribution in [0.15, 0.2) is 64.2 Å². The molecule has 1 amide bonds. The normalized spacial score (nSPS) is 13.3. The van der Waals surface area contributed by atoms with Crippen LogP contribution in [0.4, 0.5) is 5.69 Å². The summed E-state index contributed by atoms with van der Waals surface area (Å²) >= 11 is 1.25. The molecule has 0 unspecified atom stereocenters. The Balaban J connectivity index is 1.32. The molecule has 27 heavy (non-hydrogen) atoms. The van der Waals surface area contributed by atoms with Crippen LogP contribution in [0.2, 0.25) is 0 Å². The fraction of sp³-hybridized carbons (Fsp3) is 0.250. The van der Waals surface area contributed by atoms with Crippen LogP contribution in [0.3, 0.4) is 0 Å². The molecular weight excluding hydrogens is 362 g/mol. The SMILES string of the molecule is O=C(CSc1nnc(COc2ccccc2)o1)N1CCCc2ccccc21. The molecule has 2 aromatic carbocycles. The lowest BCUT2D eigenvalue weighted by Gasteiger charge is -2.29. The molecule has 0 saturated heterocycles. The topological polar surface area (TPSA) is 68.5 Å². The smallest absolute Gasteiger partial charge is 0.277 e. The summed E-state index contributed by atoms with van der Waals surface area (Å²) in [5.41, 5.74) is 2.23. The van der Waals surface area contributed by atoms with Gasteiger partial charge in [-0.2, -0.15) is 0 Å². The van der Waals surface area contributed by atoms with Gasteiger partial charge in [0.25, 0.3) is 11.1 Å². The van der Waals surface area contributed by atoms with Gasteiger partial charge < -0.3 is 14.1 Å². The molecule has 4 rings (SSSR count). The Morgan fingerprint density at radius 2 is 1.93 bits per heavy atom. The van der Waals surface area contributed by atoms with Crippen LogP contribution in [-0.2, 0) is 17.8 Å². The van der Waals surface area contributed by atoms with E-state index < -0.39 is 0 Å². The van der Waals surface area contributed by atoms with Crippen LogP contribution >= 0.6 is 11.8 Å². The monoisotopic (exact) mass is 381 g/mol. The number of carbonyl (C=O) groups excluding carboxylic acids is 1. The lowest BCUT2D eigenvalue weighted by atomic mass is 10.0. The molecule has 138 valence electrons. The summed E-state index contributed by atoms with van der Waals surface area (Å²) in [6, 6.07) is 17.5. The molecule has 1 aliphatic heterocycles. The summed E-state index contributed by atoms with van der Waals surface area (Å²) in [6.45, 7) is 0.946. The fourth-order valence-electron chi connectivity index (χ4n) is 3.01. The van der Waals surface area contributed by atoms with E-state index in [4.69, 9.17) is 9.15 Å². The molecule has 0 fully saturated rings. The highest BCUT2D eigenvalue weighted by Crippen LogP contribution is 2.28. The van der Waals surface area contributed by atoms with Crippen LogP contribution in [0.25, 0.3) is 0 Å². The Morgan fingerprint density at radius 1 is 1.11 bits per heavy atom. The quantitative estimate of drug-likeness (QED) is 0.606. The number of aromatic nitrogens is 2. The first-order valence-electron chi connectivity index (χ1n) is 8.81. The van der Waals surface area contributed by atoms with Crippen molar-refractivity contribution < 1.29 is 13.9 Å². The van der Waals surface area contributed by atoms with Gasteiger partial charge in [-0.3, -0.25) is 4.79 Å². The van der Waals surface area contributed by atoms with Gasteiger partial charge in [-0.25, -0.2) is 0 Å². The minimum Gasteiger partial charge on any atom is -0.484 e. The number of anilines is 1. The maximum atomic E-state index is 12.6. The maximum Gasteiger partial charge on any atom is 0.277 e. The van der Waals surface area contributed by atoms with Crippen molar-refractivity contribution in [3.05, 3.63) is 66.1 Å². The predicted octanol–water partition coefficient (Wildman–Crippen LogP) is 3.72. The van der Waals surface area contributed by atoms with Gasteiger partial charge in [-0.15, -0.1) is 10.2 Å². The molecule has 0 bridgehead atoms. The number of carbonyl (C=O) groups is 1. The highest BCUT2D eigenvalue weighted by Gasteiger charge is 2.22. The predicted molar refractivity (Wildman–Crippen MR) is 103 cm³/mol. The van der Waals surface area contributed by atoms with Gasteiger partial charge in [0.2, 0.25) is 5.91 Å². The fourth-order valence-corrected chi connectivity index (χ4v) is 3.67. The first kappa shape index (κ1) is 17.6. The van der Waals surface area contributed by atoms with Crippen molar-refractivity contribution in [1.29, 1.82) is 0 Å². The molecule has 0 aliphatic carbocycles. The molecule has 1 aliphatic rings. The molecular formula is C20H19N3O3S. The Bertz CT molecular complexity index is 914. The van der Waals surface area contributed by atoms with Crippen LogP contribution < -0.4 is 9.64 Å². The summed E-state index contributed by atoms with van der Waals surface area (Å²) in [7, 11) is 0. The Kier molecular flexibility index (Phi) is 5.39. The van der Waals surface area contributed by atoms with Crippen molar-refractivity contribution in [1.82, 2.24) is 10.2 Å². The highest BCUT2D eigenvalue weighted by atomic mass is 32.2. The van der Waals surface area contributed by atoms with E-state index in [0.29, 0.717) is 11.1 Å². The number of rotatable bonds is 6. The van der Waals surface area contributed by atoms with Gasteiger partial charge >= 0.3 is 0 Å². The van der Waals surface area contributed by atoms with Crippen molar-refractivity contribution in [2.75, 3.05) is 17.2 Å². The van der Waals surface area contributed by atoms with Gasteiger partial charge in [0.1, 0.15) is 5.75 Å². The molecule has 0 N–H and O–H groups in total. The third-order valence-corrected chi connectivity index (χ3v) is 5.09. The van der Waals surface area contributed by atoms with Gasteiger partial charge in [-0.1, -0.05) is 48.2 Å². The van der Waals surface area contributed by atoms with E-state index in [0.717, 1.165) is 30.8 Å². The number of hydrogen-bond donors (Lipinski definition) is 0. The molecule has 1 aromatic heterocycles. The highest BCUT2D eigenvalue weighted by molar-refractivity contribution is 7.99. The maximum absolute atomic E-state index is 12.6. The largest absolute Gasteiger partial charge is 0.484 e. The number of aryl methyl sites for hydroxylation is 1. The molecule has 2 heterocycles. The third kappa shape index (κ3) is 4.31. The molecule has 0 spiro atoms. The lowest BCUT2D eigenvalue weighted by molar-refractivity contribution is -0.116. The number of para-hydroxylation sites is 2. The van der Waals surface area contributed by atoms with E-state index in [1.54, 1.807) is 0 Å². The number of nitrogens with zero attached hydrogens (tertiary/aromatic N) is 3. The second-order valence-corrected chi connectivity index (χ2v) is 7.06. The van der Waals surface area contributed by atoms with E-state index in [9.17, 15) is 4.79 Å². The van der Waals surface area contributed by atoms with E-state index in [2.05, 4.69) is 16.3 Å². The third-order valence-electron chi connectivity index (χ3n) is 4.28. The molecule has 0 atom stereocenters. The zero-order valence-electron chi connectivity index (χ0n) is 14.7. The van der Waals surface area contributed by atoms with E-state index >= 15 is 0 Å². The summed E-state index contributed by atoms with van der Waals surface area (Å²) in [5.74, 6) is 1.43. The Morgan fingerprint density at radius 3 is 2.81 bits per heavy atom. The number of thioether (sulfide) groups is 1. The van der Waals surface area contributed by atoms with E-state index in [1.165, 1.54) is 17.3 Å². The van der Waals surface area contributed by atoms with Crippen LogP contribution in [0, 0.1) is 0 Å². The number of benzene rings is 2. The minimum atomic E-state index is 0.0486. The van der Waals surface area contributed by atoms with Gasteiger partial charge in [0, 0.05) is 12.2 Å². The average molecular weight is 381 g/mol. The lowest BCUT2D eigenvalue weighted by Crippen LogP contribution is -2.36. The number of fused-ring (bicyclic) bond motifs is 1. The molecule has 7 heteroatoms. The molecule has 6 nitrogen and oxygen atoms in total. The first-order valence-corrected chi connectivity index (χ1v) is 9.79. The van der Waals surface area contributed by atoms with Crippen molar-refractivity contribution in [3.63, 3.8) is 0 Å². The second-order valence-electron chi connectivity index (χ2n) is 6.13. The summed E-state index contributed by atoms with van der Waals surface area (Å²) in [4.78, 5) is 14.5. The van der Waals surface area contributed by atoms with E-state index in [1.807, 2.05) is 53.4 Å². The summed E-state index contributed by atoms with van der Waals surface area (Å²) in [5, 5.41) is 8.33. The van der Waals surface area contributed by atoms with Crippen molar-refractivity contribution in [3.8, 4) is 5.75 Å². The molecule has 3 aromatic rings. The number of amides is 1. The van der Waals surface area contributed by atoms with Gasteiger partial charge in [0.15, 0.2) is 6.61 Å². The van der Waals surface area contributed by atoms with Gasteiger partial charge in [-0.05, 0) is 36.6 Å². The minimum absolute atomic E-state index is 0.0486. The zero-order valence-corrected chi connectivity index (χ0v) is 15.5. The van der Waals surface area contributed by atoms with E-state index in [-0.39, 0.29) is 18.3 Å².